The fourth-order valence-electron chi connectivity index (χ4n) is 2.21. The number of anilines is 2. The van der Waals surface area contributed by atoms with Gasteiger partial charge >= 0.3 is 0 Å². The third-order valence-electron chi connectivity index (χ3n) is 3.72. The van der Waals surface area contributed by atoms with Gasteiger partial charge in [-0.2, -0.15) is 5.10 Å². The minimum absolute atomic E-state index is 0.0564. The van der Waals surface area contributed by atoms with Crippen LogP contribution in [0.3, 0.4) is 0 Å². The highest BCUT2D eigenvalue weighted by Crippen LogP contribution is 2.30. The molecule has 0 aliphatic heterocycles. The molecular formula is C16H17N5O3. The second-order valence-electron chi connectivity index (χ2n) is 5.70. The summed E-state index contributed by atoms with van der Waals surface area (Å²) in [4.78, 5) is 35.3. The molecule has 0 bridgehead atoms. The quantitative estimate of drug-likeness (QED) is 0.762. The van der Waals surface area contributed by atoms with Crippen LogP contribution in [0.25, 0.3) is 0 Å². The van der Waals surface area contributed by atoms with E-state index >= 15 is 0 Å². The van der Waals surface area contributed by atoms with Crippen molar-refractivity contribution in [2.24, 2.45) is 18.7 Å². The molecule has 1 aliphatic carbocycles. The van der Waals surface area contributed by atoms with E-state index in [1.165, 1.54) is 16.8 Å². The van der Waals surface area contributed by atoms with E-state index in [2.05, 4.69) is 15.7 Å². The molecule has 3 amide bonds. The van der Waals surface area contributed by atoms with Gasteiger partial charge in [-0.3, -0.25) is 19.1 Å². The number of hydrogen-bond donors (Lipinski definition) is 3. The molecule has 0 radical (unpaired) electrons. The summed E-state index contributed by atoms with van der Waals surface area (Å²) in [6, 6.07) is 7.81. The average Bonchev–Trinajstić information content (AvgIpc) is 3.33. The Kier molecular flexibility index (Phi) is 4.03. The van der Waals surface area contributed by atoms with E-state index in [1.54, 1.807) is 25.2 Å². The number of amides is 3. The van der Waals surface area contributed by atoms with Crippen molar-refractivity contribution >= 4 is 29.2 Å². The highest BCUT2D eigenvalue weighted by Gasteiger charge is 2.30. The molecule has 1 aliphatic rings. The van der Waals surface area contributed by atoms with Crippen LogP contribution in [-0.2, 0) is 11.8 Å². The zero-order valence-electron chi connectivity index (χ0n) is 13.1. The summed E-state index contributed by atoms with van der Waals surface area (Å²) in [6.07, 6.45) is 1.79. The van der Waals surface area contributed by atoms with Crippen molar-refractivity contribution in [3.05, 3.63) is 41.6 Å². The summed E-state index contributed by atoms with van der Waals surface area (Å²) in [7, 11) is 1.65. The van der Waals surface area contributed by atoms with Crippen LogP contribution in [0.4, 0.5) is 11.5 Å². The third-order valence-corrected chi connectivity index (χ3v) is 3.72. The number of nitrogens with two attached hydrogens (primary N) is 1. The number of aromatic nitrogens is 2. The molecule has 0 unspecified atom stereocenters. The summed E-state index contributed by atoms with van der Waals surface area (Å²) in [5.74, 6) is -0.552. The first-order valence-corrected chi connectivity index (χ1v) is 7.50. The van der Waals surface area contributed by atoms with Crippen LogP contribution in [0, 0.1) is 5.92 Å². The van der Waals surface area contributed by atoms with Crippen molar-refractivity contribution in [3.63, 3.8) is 0 Å². The molecule has 1 fully saturated rings. The van der Waals surface area contributed by atoms with Crippen molar-refractivity contribution < 1.29 is 14.4 Å². The lowest BCUT2D eigenvalue weighted by Gasteiger charge is -2.04. The van der Waals surface area contributed by atoms with Crippen molar-refractivity contribution in [3.8, 4) is 0 Å². The van der Waals surface area contributed by atoms with Gasteiger partial charge < -0.3 is 16.4 Å². The molecule has 0 spiro atoms. The number of hydrogen-bond acceptors (Lipinski definition) is 4. The Bertz CT molecular complexity index is 823. The first-order valence-electron chi connectivity index (χ1n) is 7.50. The molecule has 2 aromatic rings. The molecule has 124 valence electrons. The van der Waals surface area contributed by atoms with Gasteiger partial charge in [-0.05, 0) is 31.0 Å². The minimum atomic E-state index is -0.575. The molecule has 1 aromatic heterocycles. The zero-order valence-corrected chi connectivity index (χ0v) is 13.1. The average molecular weight is 327 g/mol. The van der Waals surface area contributed by atoms with Crippen LogP contribution in [0.15, 0.2) is 30.3 Å². The molecule has 4 N–H and O–H groups in total. The minimum Gasteiger partial charge on any atom is -0.366 e. The van der Waals surface area contributed by atoms with E-state index < -0.39 is 11.8 Å². The maximum absolute atomic E-state index is 12.3. The smallest absolute Gasteiger partial charge is 0.276 e. The Labute approximate surface area is 138 Å². The number of primary amides is 1. The Balaban J connectivity index is 1.72. The van der Waals surface area contributed by atoms with E-state index in [1.807, 2.05) is 0 Å². The third kappa shape index (κ3) is 3.43. The summed E-state index contributed by atoms with van der Waals surface area (Å²) < 4.78 is 1.44. The number of rotatable bonds is 5. The van der Waals surface area contributed by atoms with Gasteiger partial charge in [-0.1, -0.05) is 6.07 Å². The maximum Gasteiger partial charge on any atom is 0.276 e. The lowest BCUT2D eigenvalue weighted by atomic mass is 10.2. The van der Waals surface area contributed by atoms with Gasteiger partial charge in [0.2, 0.25) is 11.8 Å². The summed E-state index contributed by atoms with van der Waals surface area (Å²) in [5.41, 5.74) is 6.11. The number of benzene rings is 1. The van der Waals surface area contributed by atoms with Gasteiger partial charge in [0, 0.05) is 30.3 Å². The number of carbonyl (C=O) groups excluding carboxylic acids is 3. The van der Waals surface area contributed by atoms with Crippen LogP contribution in [-0.4, -0.2) is 27.5 Å². The number of nitrogens with one attached hydrogen (secondary N) is 2. The van der Waals surface area contributed by atoms with Crippen LogP contribution in [0.2, 0.25) is 0 Å². The summed E-state index contributed by atoms with van der Waals surface area (Å²) in [5, 5.41) is 9.50. The van der Waals surface area contributed by atoms with E-state index in [9.17, 15) is 14.4 Å². The number of nitrogens with zero attached hydrogens (tertiary/aromatic N) is 2. The number of aryl methyl sites for hydroxylation is 1. The second kappa shape index (κ2) is 6.15. The van der Waals surface area contributed by atoms with Crippen molar-refractivity contribution in [1.29, 1.82) is 0 Å². The number of carbonyl (C=O) groups is 3. The molecule has 24 heavy (non-hydrogen) atoms. The van der Waals surface area contributed by atoms with Gasteiger partial charge in [-0.15, -0.1) is 0 Å². The Morgan fingerprint density at radius 3 is 2.62 bits per heavy atom. The van der Waals surface area contributed by atoms with Crippen molar-refractivity contribution in [2.75, 3.05) is 10.6 Å². The highest BCUT2D eigenvalue weighted by atomic mass is 16.2. The molecule has 1 heterocycles. The van der Waals surface area contributed by atoms with Crippen LogP contribution < -0.4 is 16.4 Å². The summed E-state index contributed by atoms with van der Waals surface area (Å²) in [6.45, 7) is 0. The van der Waals surface area contributed by atoms with Gasteiger partial charge in [0.05, 0.1) is 0 Å². The standard InChI is InChI=1S/C16H17N5O3/c1-21-13(19-15(23)9-5-6-9)8-12(20-21)16(24)18-11-4-2-3-10(7-11)14(17)22/h2-4,7-9H,5-6H2,1H3,(H2,17,22)(H,18,24)(H,19,23). The topological polar surface area (TPSA) is 119 Å². The second-order valence-corrected chi connectivity index (χ2v) is 5.70. The highest BCUT2D eigenvalue weighted by molar-refractivity contribution is 6.04. The summed E-state index contributed by atoms with van der Waals surface area (Å²) >= 11 is 0. The Hall–Kier alpha value is -3.16. The van der Waals surface area contributed by atoms with Gasteiger partial charge in [0.25, 0.3) is 5.91 Å². The zero-order chi connectivity index (χ0) is 17.3. The molecule has 3 rings (SSSR count). The molecule has 1 aromatic carbocycles. The van der Waals surface area contributed by atoms with Crippen molar-refractivity contribution in [1.82, 2.24) is 9.78 Å². The molecular weight excluding hydrogens is 310 g/mol. The maximum atomic E-state index is 12.3. The normalized spacial score (nSPS) is 13.4. The fourth-order valence-corrected chi connectivity index (χ4v) is 2.21. The lowest BCUT2D eigenvalue weighted by molar-refractivity contribution is -0.117. The van der Waals surface area contributed by atoms with Crippen LogP contribution >= 0.6 is 0 Å². The predicted molar refractivity (Wildman–Crippen MR) is 87.5 cm³/mol. The van der Waals surface area contributed by atoms with E-state index in [0.29, 0.717) is 17.1 Å². The molecule has 0 atom stereocenters. The first kappa shape index (κ1) is 15.7. The van der Waals surface area contributed by atoms with Gasteiger partial charge in [0.15, 0.2) is 5.69 Å². The monoisotopic (exact) mass is 327 g/mol. The first-order chi connectivity index (χ1) is 11.4. The Morgan fingerprint density at radius 1 is 1.21 bits per heavy atom. The van der Waals surface area contributed by atoms with E-state index in [0.717, 1.165) is 12.8 Å². The van der Waals surface area contributed by atoms with Gasteiger partial charge in [0.1, 0.15) is 5.82 Å². The molecule has 8 heteroatoms. The van der Waals surface area contributed by atoms with E-state index in [-0.39, 0.29) is 17.5 Å². The SMILES string of the molecule is Cn1nc(C(=O)Nc2cccc(C(N)=O)c2)cc1NC(=O)C1CC1. The molecule has 0 saturated heterocycles. The molecule has 8 nitrogen and oxygen atoms in total. The predicted octanol–water partition coefficient (Wildman–Crippen LogP) is 1.12. The van der Waals surface area contributed by atoms with Crippen LogP contribution in [0.5, 0.6) is 0 Å². The Morgan fingerprint density at radius 2 is 1.96 bits per heavy atom. The lowest BCUT2D eigenvalue weighted by Crippen LogP contribution is -2.15. The largest absolute Gasteiger partial charge is 0.366 e. The van der Waals surface area contributed by atoms with Crippen molar-refractivity contribution in [2.45, 2.75) is 12.8 Å². The molecule has 1 saturated carbocycles. The fraction of sp³-hybridized carbons (Fsp3) is 0.250. The van der Waals surface area contributed by atoms with E-state index in [4.69, 9.17) is 5.73 Å². The van der Waals surface area contributed by atoms with Crippen LogP contribution in [0.1, 0.15) is 33.7 Å². The van der Waals surface area contributed by atoms with Gasteiger partial charge in [-0.25, -0.2) is 0 Å².